The number of anilines is 1. The van der Waals surface area contributed by atoms with E-state index in [0.29, 0.717) is 23.6 Å². The Morgan fingerprint density at radius 1 is 0.968 bits per heavy atom. The van der Waals surface area contributed by atoms with Gasteiger partial charge in [0.1, 0.15) is 11.5 Å². The van der Waals surface area contributed by atoms with Gasteiger partial charge in [0.15, 0.2) is 5.78 Å². The van der Waals surface area contributed by atoms with Gasteiger partial charge in [-0.15, -0.1) is 0 Å². The van der Waals surface area contributed by atoms with Crippen LogP contribution in [0.1, 0.15) is 35.3 Å². The van der Waals surface area contributed by atoms with Crippen LogP contribution in [0.5, 0.6) is 11.5 Å². The monoisotopic (exact) mass is 420 g/mol. The van der Waals surface area contributed by atoms with E-state index in [4.69, 9.17) is 9.47 Å². The molecule has 7 heteroatoms. The molecule has 0 fully saturated rings. The Labute approximate surface area is 180 Å². The second kappa shape index (κ2) is 10.2. The van der Waals surface area contributed by atoms with Crippen molar-refractivity contribution in [2.75, 3.05) is 19.0 Å². The number of benzene rings is 3. The van der Waals surface area contributed by atoms with E-state index in [1.165, 1.54) is 12.1 Å². The lowest BCUT2D eigenvalue weighted by Crippen LogP contribution is -2.16. The fourth-order valence-corrected chi connectivity index (χ4v) is 3.18. The predicted molar refractivity (Wildman–Crippen MR) is 119 cm³/mol. The number of nitrogens with one attached hydrogen (secondary N) is 1. The van der Waals surface area contributed by atoms with Crippen molar-refractivity contribution < 1.29 is 19.2 Å². The Hall–Kier alpha value is -3.87. The first-order chi connectivity index (χ1) is 15.0. The van der Waals surface area contributed by atoms with Crippen LogP contribution in [0.4, 0.5) is 11.4 Å². The Morgan fingerprint density at radius 2 is 1.58 bits per heavy atom. The third-order valence-corrected chi connectivity index (χ3v) is 4.81. The van der Waals surface area contributed by atoms with E-state index in [1.807, 2.05) is 31.2 Å². The van der Waals surface area contributed by atoms with Gasteiger partial charge in [-0.3, -0.25) is 14.9 Å². The van der Waals surface area contributed by atoms with Gasteiger partial charge in [-0.25, -0.2) is 0 Å². The van der Waals surface area contributed by atoms with Crippen LogP contribution in [0.3, 0.4) is 0 Å². The number of hydrogen-bond donors (Lipinski definition) is 1. The summed E-state index contributed by atoms with van der Waals surface area (Å²) in [6, 6.07) is 20.3. The zero-order valence-electron chi connectivity index (χ0n) is 17.4. The normalized spacial score (nSPS) is 11.4. The number of hydrogen-bond acceptors (Lipinski definition) is 6. The van der Waals surface area contributed by atoms with Gasteiger partial charge in [-0.1, -0.05) is 12.1 Å². The first-order valence-corrected chi connectivity index (χ1v) is 9.91. The number of Topliss-reactive ketones (excluding diaryl/α,β-unsaturated/α-hetero) is 1. The first-order valence-electron chi connectivity index (χ1n) is 9.91. The fraction of sp³-hybridized carbons (Fsp3) is 0.208. The molecule has 0 amide bonds. The first kappa shape index (κ1) is 21.8. The van der Waals surface area contributed by atoms with Crippen LogP contribution >= 0.6 is 0 Å². The molecule has 31 heavy (non-hydrogen) atoms. The minimum atomic E-state index is -0.444. The van der Waals surface area contributed by atoms with Crippen LogP contribution in [-0.4, -0.2) is 24.4 Å². The molecule has 0 radical (unpaired) electrons. The molecule has 0 aliphatic heterocycles. The van der Waals surface area contributed by atoms with Gasteiger partial charge in [-0.05, 0) is 61.0 Å². The summed E-state index contributed by atoms with van der Waals surface area (Å²) in [5.74, 6) is 1.40. The lowest BCUT2D eigenvalue weighted by Gasteiger charge is -2.20. The minimum Gasteiger partial charge on any atom is -0.497 e. The van der Waals surface area contributed by atoms with Gasteiger partial charge < -0.3 is 14.8 Å². The molecule has 1 unspecified atom stereocenters. The number of nitro groups is 1. The maximum Gasteiger partial charge on any atom is 0.269 e. The van der Waals surface area contributed by atoms with Gasteiger partial charge in [0.25, 0.3) is 5.69 Å². The highest BCUT2D eigenvalue weighted by Crippen LogP contribution is 2.27. The SMILES string of the molecule is CCOc1ccc(C(CC(=O)c2ccc(OC)cc2)Nc2ccc([N+](=O)[O-])cc2)cc1. The average molecular weight is 420 g/mol. The summed E-state index contributed by atoms with van der Waals surface area (Å²) >= 11 is 0. The summed E-state index contributed by atoms with van der Waals surface area (Å²) in [5, 5.41) is 14.2. The van der Waals surface area contributed by atoms with Gasteiger partial charge in [0, 0.05) is 29.8 Å². The molecule has 0 aromatic heterocycles. The van der Waals surface area contributed by atoms with E-state index in [0.717, 1.165) is 11.3 Å². The van der Waals surface area contributed by atoms with Crippen molar-refractivity contribution in [3.63, 3.8) is 0 Å². The molecular weight excluding hydrogens is 396 g/mol. The van der Waals surface area contributed by atoms with Gasteiger partial charge >= 0.3 is 0 Å². The van der Waals surface area contributed by atoms with Crippen LogP contribution < -0.4 is 14.8 Å². The van der Waals surface area contributed by atoms with Crippen molar-refractivity contribution >= 4 is 17.2 Å². The summed E-state index contributed by atoms with van der Waals surface area (Å²) in [6.45, 7) is 2.49. The summed E-state index contributed by atoms with van der Waals surface area (Å²) < 4.78 is 10.7. The molecule has 0 saturated carbocycles. The number of ketones is 1. The molecule has 3 aromatic rings. The number of methoxy groups -OCH3 is 1. The van der Waals surface area contributed by atoms with Gasteiger partial charge in [-0.2, -0.15) is 0 Å². The van der Waals surface area contributed by atoms with E-state index in [-0.39, 0.29) is 23.9 Å². The zero-order valence-corrected chi connectivity index (χ0v) is 17.4. The van der Waals surface area contributed by atoms with Gasteiger partial charge in [0.05, 0.1) is 24.7 Å². The van der Waals surface area contributed by atoms with Crippen molar-refractivity contribution in [2.24, 2.45) is 0 Å². The quantitative estimate of drug-likeness (QED) is 0.267. The van der Waals surface area contributed by atoms with Crippen molar-refractivity contribution in [1.29, 1.82) is 0 Å². The van der Waals surface area contributed by atoms with E-state index < -0.39 is 4.92 Å². The molecule has 0 bridgehead atoms. The number of carbonyl (C=O) groups is 1. The number of nitro benzene ring substituents is 1. The number of non-ortho nitro benzene ring substituents is 1. The van der Waals surface area contributed by atoms with Crippen molar-refractivity contribution in [1.82, 2.24) is 0 Å². The lowest BCUT2D eigenvalue weighted by atomic mass is 9.97. The van der Waals surface area contributed by atoms with E-state index in [2.05, 4.69) is 5.32 Å². The Kier molecular flexibility index (Phi) is 7.22. The maximum atomic E-state index is 12.9. The van der Waals surface area contributed by atoms with Crippen LogP contribution in [0.2, 0.25) is 0 Å². The summed E-state index contributed by atoms with van der Waals surface area (Å²) in [4.78, 5) is 23.4. The third kappa shape index (κ3) is 5.82. The maximum absolute atomic E-state index is 12.9. The second-order valence-corrected chi connectivity index (χ2v) is 6.86. The molecule has 0 saturated heterocycles. The van der Waals surface area contributed by atoms with Crippen LogP contribution in [0.15, 0.2) is 72.8 Å². The molecule has 3 aromatic carbocycles. The molecule has 1 atom stereocenters. The lowest BCUT2D eigenvalue weighted by molar-refractivity contribution is -0.384. The molecule has 0 heterocycles. The van der Waals surface area contributed by atoms with Crippen LogP contribution in [0.25, 0.3) is 0 Å². The topological polar surface area (TPSA) is 90.7 Å². The highest BCUT2D eigenvalue weighted by Gasteiger charge is 2.18. The molecule has 0 aliphatic rings. The average Bonchev–Trinajstić information content (AvgIpc) is 2.79. The molecule has 160 valence electrons. The minimum absolute atomic E-state index is 0.0116. The zero-order chi connectivity index (χ0) is 22.2. The van der Waals surface area contributed by atoms with Crippen molar-refractivity contribution in [3.8, 4) is 11.5 Å². The molecule has 0 spiro atoms. The predicted octanol–water partition coefficient (Wildman–Crippen LogP) is 5.43. The molecule has 3 rings (SSSR count). The fourth-order valence-electron chi connectivity index (χ4n) is 3.18. The van der Waals surface area contributed by atoms with Crippen molar-refractivity contribution in [2.45, 2.75) is 19.4 Å². The second-order valence-electron chi connectivity index (χ2n) is 6.86. The number of nitrogens with zero attached hydrogens (tertiary/aromatic N) is 1. The third-order valence-electron chi connectivity index (χ3n) is 4.81. The Bertz CT molecular complexity index is 1020. The summed E-state index contributed by atoms with van der Waals surface area (Å²) in [7, 11) is 1.58. The van der Waals surface area contributed by atoms with Crippen LogP contribution in [0, 0.1) is 10.1 Å². The highest BCUT2D eigenvalue weighted by molar-refractivity contribution is 5.96. The van der Waals surface area contributed by atoms with E-state index in [1.54, 1.807) is 43.5 Å². The molecular formula is C24H24N2O5. The van der Waals surface area contributed by atoms with Gasteiger partial charge in [0.2, 0.25) is 0 Å². The molecule has 0 aliphatic carbocycles. The van der Waals surface area contributed by atoms with Crippen molar-refractivity contribution in [3.05, 3.63) is 94.0 Å². The van der Waals surface area contributed by atoms with E-state index in [9.17, 15) is 14.9 Å². The number of rotatable bonds is 10. The standard InChI is InChI=1S/C24H24N2O5/c1-3-31-22-14-4-17(5-15-22)23(25-19-8-10-20(11-9-19)26(28)29)16-24(27)18-6-12-21(30-2)13-7-18/h4-15,23,25H,3,16H2,1-2H3. The van der Waals surface area contributed by atoms with Crippen LogP contribution in [-0.2, 0) is 0 Å². The number of carbonyl (C=O) groups excluding carboxylic acids is 1. The summed E-state index contributed by atoms with van der Waals surface area (Å²) in [5.41, 5.74) is 2.19. The number of ether oxygens (including phenoxy) is 2. The highest BCUT2D eigenvalue weighted by atomic mass is 16.6. The Balaban J connectivity index is 1.83. The Morgan fingerprint density at radius 3 is 2.13 bits per heavy atom. The molecule has 7 nitrogen and oxygen atoms in total. The largest absolute Gasteiger partial charge is 0.497 e. The smallest absolute Gasteiger partial charge is 0.269 e. The van der Waals surface area contributed by atoms with E-state index >= 15 is 0 Å². The summed E-state index contributed by atoms with van der Waals surface area (Å²) in [6.07, 6.45) is 0.206. The molecule has 1 N–H and O–H groups in total.